The van der Waals surface area contributed by atoms with Gasteiger partial charge in [0.25, 0.3) is 0 Å². The summed E-state index contributed by atoms with van der Waals surface area (Å²) in [6.07, 6.45) is 2.68. The summed E-state index contributed by atoms with van der Waals surface area (Å²) in [7, 11) is 0. The van der Waals surface area contributed by atoms with Crippen molar-refractivity contribution >= 4 is 31.2 Å². The van der Waals surface area contributed by atoms with E-state index in [0.717, 1.165) is 49.3 Å². The molecule has 1 spiro atoms. The highest BCUT2D eigenvalue weighted by molar-refractivity contribution is 5.60. The van der Waals surface area contributed by atoms with Gasteiger partial charge in [-0.15, -0.1) is 5.10 Å². The number of aryl methyl sites for hydroxylation is 1. The molecular weight excluding hydrogens is 708 g/mol. The minimum absolute atomic E-state index is 0.0525. The van der Waals surface area contributed by atoms with Crippen LogP contribution in [-0.2, 0) is 30.3 Å². The van der Waals surface area contributed by atoms with E-state index in [-0.39, 0.29) is 30.7 Å². The molecule has 2 aromatic rings. The number of aromatic nitrogens is 2. The van der Waals surface area contributed by atoms with Gasteiger partial charge < -0.3 is 59.3 Å². The third kappa shape index (κ3) is 8.70. The second-order valence-electron chi connectivity index (χ2n) is 16.1. The van der Waals surface area contributed by atoms with Gasteiger partial charge in [-0.3, -0.25) is 5.10 Å². The molecule has 14 nitrogen and oxygen atoms in total. The van der Waals surface area contributed by atoms with Crippen molar-refractivity contribution < 1.29 is 49.1 Å². The first-order valence-corrected chi connectivity index (χ1v) is 19.5. The number of aldehydes is 4. The molecule has 3 aliphatic rings. The van der Waals surface area contributed by atoms with Crippen LogP contribution in [0.4, 0.5) is 0 Å². The monoisotopic (exact) mass is 766 g/mol. The summed E-state index contributed by atoms with van der Waals surface area (Å²) in [6.45, 7) is 11.5. The van der Waals surface area contributed by atoms with Crippen LogP contribution in [0.25, 0.3) is 6.08 Å². The number of hydrogen-bond donors (Lipinski definition) is 6. The molecule has 1 unspecified atom stereocenters. The maximum Gasteiger partial charge on any atom is 0.238 e. The summed E-state index contributed by atoms with van der Waals surface area (Å²) in [6, 6.07) is 6.17. The predicted octanol–water partition coefficient (Wildman–Crippen LogP) is 2.32. The number of piperidine rings is 2. The van der Waals surface area contributed by atoms with Crippen molar-refractivity contribution in [2.24, 2.45) is 5.41 Å². The van der Waals surface area contributed by atoms with Crippen molar-refractivity contribution in [1.82, 2.24) is 20.4 Å². The summed E-state index contributed by atoms with van der Waals surface area (Å²) < 4.78 is 12.1. The fraction of sp³-hybridized carbons (Fsp3) is 0.634. The van der Waals surface area contributed by atoms with E-state index in [2.05, 4.69) is 38.6 Å². The van der Waals surface area contributed by atoms with Crippen LogP contribution >= 0.6 is 0 Å². The number of aromatic amines is 1. The van der Waals surface area contributed by atoms with Crippen molar-refractivity contribution in [1.29, 1.82) is 0 Å². The summed E-state index contributed by atoms with van der Waals surface area (Å²) in [5, 5.41) is 57.6. The average Bonchev–Trinajstić information content (AvgIpc) is 3.55. The molecule has 55 heavy (non-hydrogen) atoms. The Morgan fingerprint density at radius 1 is 1.00 bits per heavy atom. The number of carbonyl (C=O) groups excluding carboxylic acids is 4. The van der Waals surface area contributed by atoms with Crippen molar-refractivity contribution in [2.45, 2.75) is 126 Å². The van der Waals surface area contributed by atoms with Gasteiger partial charge in [-0.1, -0.05) is 44.2 Å². The molecule has 6 atom stereocenters. The van der Waals surface area contributed by atoms with Crippen molar-refractivity contribution in [2.75, 3.05) is 32.7 Å². The summed E-state index contributed by atoms with van der Waals surface area (Å²) >= 11 is 0. The highest BCUT2D eigenvalue weighted by Crippen LogP contribution is 2.50. The molecule has 3 aliphatic heterocycles. The summed E-state index contributed by atoms with van der Waals surface area (Å²) in [5.74, 6) is -0.122. The summed E-state index contributed by atoms with van der Waals surface area (Å²) in [5.41, 5.74) is -3.81. The lowest BCUT2D eigenvalue weighted by molar-refractivity contribution is -0.393. The second kappa shape index (κ2) is 18.1. The number of benzene rings is 1. The number of hydrogen-bond acceptors (Lipinski definition) is 13. The van der Waals surface area contributed by atoms with E-state index in [0.29, 0.717) is 29.4 Å². The fourth-order valence-electron chi connectivity index (χ4n) is 8.96. The van der Waals surface area contributed by atoms with Crippen LogP contribution in [0, 0.1) is 12.3 Å². The predicted molar refractivity (Wildman–Crippen MR) is 203 cm³/mol. The van der Waals surface area contributed by atoms with Gasteiger partial charge in [0.15, 0.2) is 5.60 Å². The lowest BCUT2D eigenvalue weighted by Crippen LogP contribution is -2.82. The standard InChI is InChI=1S/C41H58N4O10/c1-28(2)34-32(26-31-9-8-30(25-29(31)3)7-4-5-19-45-20-6-11-38(27-45)12-17-42-18-13-38)36(44-43-34)55-37-40(52,15-23-48)41(53,16-24-49)39(51,14-22-47)35(54-37)33(50)10-21-46/h4,7-9,21-25,28,33,35,37,42,50-53H,5-6,10-20,26-27H2,1-3H3,(H,43,44)/b7-4+/t33?,35-,37-,39-,40+,41+/m1/s1. The molecule has 3 fully saturated rings. The number of likely N-dealkylation sites (tertiary alicyclic amines) is 1. The van der Waals surface area contributed by atoms with Crippen molar-refractivity contribution in [3.8, 4) is 5.88 Å². The zero-order valence-corrected chi connectivity index (χ0v) is 32.2. The fourth-order valence-corrected chi connectivity index (χ4v) is 8.96. The summed E-state index contributed by atoms with van der Waals surface area (Å²) in [4.78, 5) is 49.7. The lowest BCUT2D eigenvalue weighted by atomic mass is 9.61. The maximum absolute atomic E-state index is 12.1. The zero-order valence-electron chi connectivity index (χ0n) is 32.2. The van der Waals surface area contributed by atoms with E-state index < -0.39 is 61.0 Å². The maximum atomic E-state index is 12.1. The highest BCUT2D eigenvalue weighted by Gasteiger charge is 2.73. The van der Waals surface area contributed by atoms with Crippen LogP contribution in [0.1, 0.15) is 106 Å². The van der Waals surface area contributed by atoms with Crippen LogP contribution in [0.3, 0.4) is 0 Å². The molecule has 0 saturated carbocycles. The van der Waals surface area contributed by atoms with Gasteiger partial charge in [0.2, 0.25) is 12.2 Å². The van der Waals surface area contributed by atoms with Gasteiger partial charge in [-0.2, -0.15) is 0 Å². The molecule has 4 heterocycles. The molecule has 302 valence electrons. The Morgan fingerprint density at radius 2 is 1.71 bits per heavy atom. The average molecular weight is 767 g/mol. The number of carbonyl (C=O) groups is 4. The first-order valence-electron chi connectivity index (χ1n) is 19.5. The number of aliphatic hydroxyl groups is 4. The molecule has 6 N–H and O–H groups in total. The first-order chi connectivity index (χ1) is 26.3. The highest BCUT2D eigenvalue weighted by atomic mass is 16.7. The molecule has 0 amide bonds. The Hall–Kier alpha value is -3.63. The van der Waals surface area contributed by atoms with E-state index in [9.17, 15) is 39.6 Å². The Morgan fingerprint density at radius 3 is 2.36 bits per heavy atom. The molecule has 5 rings (SSSR count). The molecule has 0 aliphatic carbocycles. The van der Waals surface area contributed by atoms with Crippen LogP contribution in [-0.4, -0.2) is 129 Å². The largest absolute Gasteiger partial charge is 0.443 e. The molecule has 0 bridgehead atoms. The smallest absolute Gasteiger partial charge is 0.238 e. The van der Waals surface area contributed by atoms with Crippen molar-refractivity contribution in [3.05, 3.63) is 52.2 Å². The van der Waals surface area contributed by atoms with Gasteiger partial charge in [0, 0.05) is 56.5 Å². The Kier molecular flexibility index (Phi) is 14.0. The third-order valence-electron chi connectivity index (χ3n) is 12.1. The van der Waals surface area contributed by atoms with E-state index in [1.165, 1.54) is 32.2 Å². The Balaban J connectivity index is 1.37. The van der Waals surface area contributed by atoms with Gasteiger partial charge >= 0.3 is 0 Å². The lowest BCUT2D eigenvalue weighted by Gasteiger charge is -2.60. The molecular formula is C41H58N4O10. The zero-order chi connectivity index (χ0) is 39.9. The number of nitrogens with zero attached hydrogens (tertiary/aromatic N) is 2. The Bertz CT molecular complexity index is 1670. The van der Waals surface area contributed by atoms with Crippen LogP contribution in [0.5, 0.6) is 5.88 Å². The van der Waals surface area contributed by atoms with Gasteiger partial charge in [-0.05, 0) is 86.7 Å². The number of nitrogens with one attached hydrogen (secondary N) is 2. The second-order valence-corrected chi connectivity index (χ2v) is 16.1. The van der Waals surface area contributed by atoms with Crippen LogP contribution < -0.4 is 10.1 Å². The van der Waals surface area contributed by atoms with Gasteiger partial charge in [0.05, 0.1) is 6.10 Å². The molecule has 3 saturated heterocycles. The van der Waals surface area contributed by atoms with E-state index in [4.69, 9.17) is 9.47 Å². The normalized spacial score (nSPS) is 29.0. The van der Waals surface area contributed by atoms with Crippen LogP contribution in [0.2, 0.25) is 0 Å². The Labute approximate surface area is 322 Å². The van der Waals surface area contributed by atoms with E-state index >= 15 is 0 Å². The van der Waals surface area contributed by atoms with E-state index in [1.807, 2.05) is 32.9 Å². The minimum Gasteiger partial charge on any atom is -0.443 e. The van der Waals surface area contributed by atoms with Crippen LogP contribution in [0.15, 0.2) is 24.3 Å². The number of ether oxygens (including phenoxy) is 2. The molecule has 1 aromatic carbocycles. The van der Waals surface area contributed by atoms with Gasteiger partial charge in [-0.25, -0.2) is 0 Å². The molecule has 0 radical (unpaired) electrons. The number of H-pyrrole nitrogens is 1. The number of rotatable bonds is 18. The SMILES string of the molecule is Cc1cc(/C=C/CCN2CCCC3(CCNCC3)C2)ccc1Cc1c(O[C@H]2O[C@H](C(O)CC=O)[C@](O)(CC=O)[C@@](O)(CC=O)[C@]2(O)CC=O)n[nH]c1C(C)C. The minimum atomic E-state index is -2.96. The quantitative estimate of drug-likeness (QED) is 0.121. The van der Waals surface area contributed by atoms with E-state index in [1.54, 1.807) is 0 Å². The first kappa shape index (κ1) is 42.5. The molecule has 1 aromatic heterocycles. The van der Waals surface area contributed by atoms with Crippen molar-refractivity contribution in [3.63, 3.8) is 0 Å². The molecule has 14 heteroatoms. The topological polar surface area (TPSA) is 212 Å². The number of aliphatic hydroxyl groups excluding tert-OH is 1. The van der Waals surface area contributed by atoms with Gasteiger partial charge in [0.1, 0.15) is 42.5 Å². The third-order valence-corrected chi connectivity index (χ3v) is 12.1.